The summed E-state index contributed by atoms with van der Waals surface area (Å²) in [5.41, 5.74) is 0. The summed E-state index contributed by atoms with van der Waals surface area (Å²) in [7, 11) is 0. The molecule has 0 spiro atoms. The summed E-state index contributed by atoms with van der Waals surface area (Å²) >= 11 is 1.39. The third-order valence-electron chi connectivity index (χ3n) is 4.24. The highest BCUT2D eigenvalue weighted by molar-refractivity contribution is 8.00. The van der Waals surface area contributed by atoms with Crippen molar-refractivity contribution in [3.8, 4) is 0 Å². The molecule has 0 rings (SSSR count). The highest BCUT2D eigenvalue weighted by atomic mass is 32.2. The first-order valence-corrected chi connectivity index (χ1v) is 11.0. The number of aliphatic hydroxyl groups excluding tert-OH is 2. The van der Waals surface area contributed by atoms with Gasteiger partial charge in [-0.15, -0.1) is 0 Å². The minimum absolute atomic E-state index is 0.0750. The third-order valence-corrected chi connectivity index (χ3v) is 5.54. The van der Waals surface area contributed by atoms with Gasteiger partial charge in [-0.2, -0.15) is 11.8 Å². The van der Waals surface area contributed by atoms with E-state index in [1.165, 1.54) is 69.5 Å². The van der Waals surface area contributed by atoms with Crippen LogP contribution >= 0.6 is 11.8 Å². The molecule has 0 heterocycles. The Hall–Kier alpha value is -0.520. The summed E-state index contributed by atoms with van der Waals surface area (Å²) in [4.78, 5) is 10.5. The van der Waals surface area contributed by atoms with E-state index < -0.39 is 12.1 Å². The number of carboxylic acid groups (broad SMARTS) is 1. The Kier molecular flexibility index (Phi) is 17.9. The van der Waals surface area contributed by atoms with Gasteiger partial charge in [0.2, 0.25) is 0 Å². The van der Waals surface area contributed by atoms with Crippen LogP contribution in [0.4, 0.5) is 0 Å². The number of aliphatic carboxylic acids is 1. The highest BCUT2D eigenvalue weighted by Crippen LogP contribution is 2.18. The molecule has 4 nitrogen and oxygen atoms in total. The molecule has 148 valence electrons. The quantitative estimate of drug-likeness (QED) is 0.238. The number of unbranched alkanes of at least 4 members (excludes halogenated alkanes) is 10. The van der Waals surface area contributed by atoms with E-state index in [2.05, 4.69) is 13.0 Å². The molecule has 0 aromatic heterocycles. The molecule has 0 aliphatic rings. The molecule has 0 saturated heterocycles. The summed E-state index contributed by atoms with van der Waals surface area (Å²) in [6, 6.07) is 0. The van der Waals surface area contributed by atoms with E-state index in [0.29, 0.717) is 5.75 Å². The molecular weight excluding hydrogens is 336 g/mol. The summed E-state index contributed by atoms with van der Waals surface area (Å²) in [5, 5.41) is 27.3. The molecule has 25 heavy (non-hydrogen) atoms. The van der Waals surface area contributed by atoms with Gasteiger partial charge in [0.1, 0.15) is 0 Å². The molecule has 0 saturated carbocycles. The number of thioether (sulfide) groups is 1. The van der Waals surface area contributed by atoms with E-state index in [4.69, 9.17) is 10.2 Å². The molecule has 2 atom stereocenters. The molecule has 0 aromatic carbocycles. The Labute approximate surface area is 158 Å². The zero-order valence-electron chi connectivity index (χ0n) is 15.9. The molecule has 0 bridgehead atoms. The maximum Gasteiger partial charge on any atom is 0.304 e. The second-order valence-corrected chi connectivity index (χ2v) is 7.91. The average molecular weight is 375 g/mol. The van der Waals surface area contributed by atoms with Gasteiger partial charge in [0.15, 0.2) is 0 Å². The zero-order chi connectivity index (χ0) is 18.8. The van der Waals surface area contributed by atoms with Crippen molar-refractivity contribution >= 4 is 17.7 Å². The fourth-order valence-electron chi connectivity index (χ4n) is 2.66. The summed E-state index contributed by atoms with van der Waals surface area (Å²) in [5.74, 6) is -0.390. The van der Waals surface area contributed by atoms with Crippen molar-refractivity contribution in [1.82, 2.24) is 0 Å². The molecule has 0 aliphatic heterocycles. The topological polar surface area (TPSA) is 77.8 Å². The van der Waals surface area contributed by atoms with Crippen LogP contribution in [0.5, 0.6) is 0 Å². The molecule has 0 amide bonds. The van der Waals surface area contributed by atoms with Crippen molar-refractivity contribution < 1.29 is 20.1 Å². The maximum absolute atomic E-state index is 10.5. The van der Waals surface area contributed by atoms with E-state index >= 15 is 0 Å². The summed E-state index contributed by atoms with van der Waals surface area (Å²) in [6.07, 6.45) is 17.4. The van der Waals surface area contributed by atoms with Gasteiger partial charge in [0, 0.05) is 5.75 Å². The van der Waals surface area contributed by atoms with Gasteiger partial charge in [-0.1, -0.05) is 76.9 Å². The average Bonchev–Trinajstić information content (AvgIpc) is 2.60. The number of hydrogen-bond acceptors (Lipinski definition) is 4. The van der Waals surface area contributed by atoms with Crippen molar-refractivity contribution in [3.05, 3.63) is 12.2 Å². The second kappa shape index (κ2) is 18.3. The van der Waals surface area contributed by atoms with E-state index in [9.17, 15) is 9.90 Å². The smallest absolute Gasteiger partial charge is 0.304 e. The van der Waals surface area contributed by atoms with Crippen LogP contribution in [0, 0.1) is 0 Å². The minimum atomic E-state index is -0.834. The fraction of sp³-hybridized carbons (Fsp3) is 0.850. The van der Waals surface area contributed by atoms with Gasteiger partial charge in [0.05, 0.1) is 24.4 Å². The van der Waals surface area contributed by atoms with Gasteiger partial charge in [-0.25, -0.2) is 0 Å². The van der Waals surface area contributed by atoms with Crippen LogP contribution in [-0.2, 0) is 4.79 Å². The second-order valence-electron chi connectivity index (χ2n) is 6.63. The first-order chi connectivity index (χ1) is 12.1. The van der Waals surface area contributed by atoms with Crippen LogP contribution in [0.1, 0.15) is 84.0 Å². The van der Waals surface area contributed by atoms with Crippen LogP contribution in [0.15, 0.2) is 12.2 Å². The minimum Gasteiger partial charge on any atom is -0.481 e. The number of allylic oxidation sites excluding steroid dienone is 1. The molecule has 3 N–H and O–H groups in total. The molecule has 5 heteroatoms. The standard InChI is InChI=1S/C20H38O4S/c1-2-3-4-5-6-7-8-9-10-11-12-13-14-19(18(22)17-21)25-16-15-20(23)24/h13-14,18-19,21-22H,2-12,15-17H2,1H3,(H,23,24). The lowest BCUT2D eigenvalue weighted by molar-refractivity contribution is -0.136. The monoisotopic (exact) mass is 374 g/mol. The summed E-state index contributed by atoms with van der Waals surface area (Å²) < 4.78 is 0. The predicted octanol–water partition coefficient (Wildman–Crippen LogP) is 4.78. The van der Waals surface area contributed by atoms with E-state index in [0.717, 1.165) is 12.8 Å². The van der Waals surface area contributed by atoms with Crippen molar-refractivity contribution in [1.29, 1.82) is 0 Å². The Bertz CT molecular complexity index is 334. The number of carboxylic acids is 1. The number of hydrogen-bond donors (Lipinski definition) is 3. The van der Waals surface area contributed by atoms with Gasteiger partial charge < -0.3 is 15.3 Å². The number of rotatable bonds is 18. The van der Waals surface area contributed by atoms with Crippen LogP contribution < -0.4 is 0 Å². The third kappa shape index (κ3) is 16.7. The van der Waals surface area contributed by atoms with Crippen LogP contribution in [0.2, 0.25) is 0 Å². The Morgan fingerprint density at radius 3 is 2.08 bits per heavy atom. The maximum atomic E-state index is 10.5. The molecule has 0 fully saturated rings. The lowest BCUT2D eigenvalue weighted by atomic mass is 10.1. The Morgan fingerprint density at radius 1 is 1.00 bits per heavy atom. The van der Waals surface area contributed by atoms with E-state index in [1.807, 2.05) is 6.08 Å². The Balaban J connectivity index is 3.67. The van der Waals surface area contributed by atoms with Crippen molar-refractivity contribution in [2.45, 2.75) is 95.3 Å². The molecule has 0 aromatic rings. The SMILES string of the molecule is CCCCCCCCCCCCC=CC(SCCC(=O)O)C(O)CO. The lowest BCUT2D eigenvalue weighted by Gasteiger charge is -2.17. The zero-order valence-corrected chi connectivity index (χ0v) is 16.7. The van der Waals surface area contributed by atoms with E-state index in [-0.39, 0.29) is 18.3 Å². The van der Waals surface area contributed by atoms with Crippen LogP contribution in [0.25, 0.3) is 0 Å². The van der Waals surface area contributed by atoms with Gasteiger partial charge in [-0.05, 0) is 12.8 Å². The van der Waals surface area contributed by atoms with Gasteiger partial charge in [0.25, 0.3) is 0 Å². The van der Waals surface area contributed by atoms with E-state index in [1.54, 1.807) is 0 Å². The first kappa shape index (κ1) is 24.5. The fourth-order valence-corrected chi connectivity index (χ4v) is 3.76. The van der Waals surface area contributed by atoms with Crippen LogP contribution in [0.3, 0.4) is 0 Å². The lowest BCUT2D eigenvalue weighted by Crippen LogP contribution is -2.25. The highest BCUT2D eigenvalue weighted by Gasteiger charge is 2.16. The molecule has 2 unspecified atom stereocenters. The molecular formula is C20H38O4S. The largest absolute Gasteiger partial charge is 0.481 e. The predicted molar refractivity (Wildman–Crippen MR) is 107 cm³/mol. The number of carbonyl (C=O) groups is 1. The molecule has 0 aliphatic carbocycles. The number of aliphatic hydroxyl groups is 2. The van der Waals surface area contributed by atoms with Gasteiger partial charge >= 0.3 is 5.97 Å². The van der Waals surface area contributed by atoms with Crippen molar-refractivity contribution in [2.24, 2.45) is 0 Å². The first-order valence-electron chi connectivity index (χ1n) is 9.90. The molecule has 0 radical (unpaired) electrons. The van der Waals surface area contributed by atoms with Crippen molar-refractivity contribution in [3.63, 3.8) is 0 Å². The Morgan fingerprint density at radius 2 is 1.56 bits per heavy atom. The van der Waals surface area contributed by atoms with Gasteiger partial charge in [-0.3, -0.25) is 4.79 Å². The van der Waals surface area contributed by atoms with Crippen LogP contribution in [-0.4, -0.2) is 45.0 Å². The normalized spacial score (nSPS) is 14.0. The van der Waals surface area contributed by atoms with Crippen molar-refractivity contribution in [2.75, 3.05) is 12.4 Å². The summed E-state index contributed by atoms with van der Waals surface area (Å²) in [6.45, 7) is 1.95.